The Hall–Kier alpha value is -2.21. The van der Waals surface area contributed by atoms with Crippen LogP contribution in [0, 0.1) is 6.92 Å². The standard InChI is InChI=1S/C16H21N5O/c1-12-7-10-21(20-12)11-9-18-16(22)15-5-2-4-14(19-15)13-6-3-8-17-13/h2,4-5,7,10,13,17H,3,6,8-9,11H2,1H3,(H,18,22)/t13-/m1/s1. The van der Waals surface area contributed by atoms with Gasteiger partial charge in [0, 0.05) is 18.8 Å². The predicted molar refractivity (Wildman–Crippen MR) is 83.5 cm³/mol. The smallest absolute Gasteiger partial charge is 0.269 e. The molecule has 0 bridgehead atoms. The summed E-state index contributed by atoms with van der Waals surface area (Å²) in [6.45, 7) is 4.16. The third kappa shape index (κ3) is 3.51. The molecule has 2 aromatic heterocycles. The molecule has 6 nitrogen and oxygen atoms in total. The van der Waals surface area contributed by atoms with E-state index in [1.807, 2.05) is 36.0 Å². The molecule has 0 spiro atoms. The summed E-state index contributed by atoms with van der Waals surface area (Å²) in [6, 6.07) is 7.85. The molecule has 0 saturated carbocycles. The number of hydrogen-bond donors (Lipinski definition) is 2. The molecule has 3 rings (SSSR count). The lowest BCUT2D eigenvalue weighted by Crippen LogP contribution is -2.28. The topological polar surface area (TPSA) is 71.8 Å². The number of carbonyl (C=O) groups excluding carboxylic acids is 1. The maximum absolute atomic E-state index is 12.2. The Labute approximate surface area is 129 Å². The average Bonchev–Trinajstić information content (AvgIpc) is 3.19. The number of amides is 1. The van der Waals surface area contributed by atoms with E-state index in [9.17, 15) is 4.79 Å². The van der Waals surface area contributed by atoms with Crippen molar-refractivity contribution in [3.8, 4) is 0 Å². The molecule has 1 aliphatic heterocycles. The minimum atomic E-state index is -0.135. The molecule has 0 unspecified atom stereocenters. The highest BCUT2D eigenvalue weighted by Crippen LogP contribution is 2.21. The van der Waals surface area contributed by atoms with Crippen molar-refractivity contribution in [3.05, 3.63) is 47.5 Å². The SMILES string of the molecule is Cc1ccn(CCNC(=O)c2cccc([C@H]3CCCN3)n2)n1. The minimum absolute atomic E-state index is 0.135. The van der Waals surface area contributed by atoms with Crippen molar-refractivity contribution in [1.82, 2.24) is 25.4 Å². The Morgan fingerprint density at radius 2 is 2.36 bits per heavy atom. The first-order valence-electron chi connectivity index (χ1n) is 7.71. The van der Waals surface area contributed by atoms with Crippen molar-refractivity contribution < 1.29 is 4.79 Å². The van der Waals surface area contributed by atoms with Gasteiger partial charge in [-0.3, -0.25) is 9.48 Å². The lowest BCUT2D eigenvalue weighted by Gasteiger charge is -2.11. The summed E-state index contributed by atoms with van der Waals surface area (Å²) in [4.78, 5) is 16.7. The molecule has 2 N–H and O–H groups in total. The minimum Gasteiger partial charge on any atom is -0.349 e. The second kappa shape index (κ2) is 6.70. The van der Waals surface area contributed by atoms with Gasteiger partial charge >= 0.3 is 0 Å². The van der Waals surface area contributed by atoms with E-state index < -0.39 is 0 Å². The van der Waals surface area contributed by atoms with Gasteiger partial charge in [-0.25, -0.2) is 4.98 Å². The molecule has 6 heteroatoms. The van der Waals surface area contributed by atoms with Crippen LogP contribution < -0.4 is 10.6 Å². The Kier molecular flexibility index (Phi) is 4.48. The average molecular weight is 299 g/mol. The molecular weight excluding hydrogens is 278 g/mol. The van der Waals surface area contributed by atoms with Crippen LogP contribution in [0.15, 0.2) is 30.5 Å². The first-order valence-corrected chi connectivity index (χ1v) is 7.71. The van der Waals surface area contributed by atoms with Gasteiger partial charge in [0.15, 0.2) is 0 Å². The molecule has 1 aliphatic rings. The van der Waals surface area contributed by atoms with E-state index in [4.69, 9.17) is 0 Å². The lowest BCUT2D eigenvalue weighted by molar-refractivity contribution is 0.0946. The number of aryl methyl sites for hydroxylation is 1. The number of pyridine rings is 1. The maximum atomic E-state index is 12.2. The molecule has 1 amide bonds. The zero-order valence-corrected chi connectivity index (χ0v) is 12.7. The van der Waals surface area contributed by atoms with Crippen molar-refractivity contribution in [2.45, 2.75) is 32.4 Å². The molecule has 3 heterocycles. The van der Waals surface area contributed by atoms with Crippen molar-refractivity contribution in [1.29, 1.82) is 0 Å². The van der Waals surface area contributed by atoms with Crippen LogP contribution in [0.1, 0.15) is 40.8 Å². The third-order valence-corrected chi connectivity index (χ3v) is 3.82. The quantitative estimate of drug-likeness (QED) is 0.876. The van der Waals surface area contributed by atoms with E-state index in [0.717, 1.165) is 30.8 Å². The predicted octanol–water partition coefficient (Wildman–Crippen LogP) is 1.44. The summed E-state index contributed by atoms with van der Waals surface area (Å²) < 4.78 is 1.82. The number of carbonyl (C=O) groups is 1. The Morgan fingerprint density at radius 3 is 3.09 bits per heavy atom. The number of hydrogen-bond acceptors (Lipinski definition) is 4. The second-order valence-electron chi connectivity index (χ2n) is 5.57. The molecule has 1 saturated heterocycles. The van der Waals surface area contributed by atoms with E-state index in [1.54, 1.807) is 6.07 Å². The van der Waals surface area contributed by atoms with Crippen LogP contribution in [0.25, 0.3) is 0 Å². The van der Waals surface area contributed by atoms with Gasteiger partial charge in [0.2, 0.25) is 0 Å². The highest BCUT2D eigenvalue weighted by Gasteiger charge is 2.18. The highest BCUT2D eigenvalue weighted by molar-refractivity contribution is 5.92. The summed E-state index contributed by atoms with van der Waals surface area (Å²) >= 11 is 0. The second-order valence-corrected chi connectivity index (χ2v) is 5.57. The van der Waals surface area contributed by atoms with Crippen LogP contribution >= 0.6 is 0 Å². The van der Waals surface area contributed by atoms with E-state index in [2.05, 4.69) is 20.7 Å². The van der Waals surface area contributed by atoms with Crippen molar-refractivity contribution in [2.24, 2.45) is 0 Å². The van der Waals surface area contributed by atoms with Crippen LogP contribution in [0.4, 0.5) is 0 Å². The first-order chi connectivity index (χ1) is 10.7. The van der Waals surface area contributed by atoms with Gasteiger partial charge in [-0.15, -0.1) is 0 Å². The molecule has 0 aliphatic carbocycles. The molecule has 1 fully saturated rings. The fourth-order valence-corrected chi connectivity index (χ4v) is 2.67. The third-order valence-electron chi connectivity index (χ3n) is 3.82. The highest BCUT2D eigenvalue weighted by atomic mass is 16.1. The van der Waals surface area contributed by atoms with Gasteiger partial charge in [-0.1, -0.05) is 6.07 Å². The van der Waals surface area contributed by atoms with Crippen LogP contribution in [0.3, 0.4) is 0 Å². The maximum Gasteiger partial charge on any atom is 0.269 e. The van der Waals surface area contributed by atoms with Crippen LogP contribution in [0.5, 0.6) is 0 Å². The molecule has 1 atom stereocenters. The summed E-state index contributed by atoms with van der Waals surface area (Å²) in [5.41, 5.74) is 2.40. The molecule has 2 aromatic rings. The van der Waals surface area contributed by atoms with Gasteiger partial charge in [-0.05, 0) is 44.5 Å². The summed E-state index contributed by atoms with van der Waals surface area (Å²) in [7, 11) is 0. The summed E-state index contributed by atoms with van der Waals surface area (Å²) in [6.07, 6.45) is 4.15. The van der Waals surface area contributed by atoms with Gasteiger partial charge in [-0.2, -0.15) is 5.10 Å². The molecule has 0 aromatic carbocycles. The fourth-order valence-electron chi connectivity index (χ4n) is 2.67. The summed E-state index contributed by atoms with van der Waals surface area (Å²) in [5.74, 6) is -0.135. The Morgan fingerprint density at radius 1 is 1.45 bits per heavy atom. The Balaban J connectivity index is 1.56. The van der Waals surface area contributed by atoms with Gasteiger partial charge in [0.1, 0.15) is 5.69 Å². The van der Waals surface area contributed by atoms with Gasteiger partial charge in [0.05, 0.1) is 17.9 Å². The fraction of sp³-hybridized carbons (Fsp3) is 0.438. The van der Waals surface area contributed by atoms with Crippen LogP contribution in [-0.2, 0) is 6.54 Å². The molecule has 116 valence electrons. The lowest BCUT2D eigenvalue weighted by atomic mass is 10.1. The zero-order chi connectivity index (χ0) is 15.4. The van der Waals surface area contributed by atoms with E-state index in [1.165, 1.54) is 0 Å². The van der Waals surface area contributed by atoms with Crippen LogP contribution in [0.2, 0.25) is 0 Å². The number of rotatable bonds is 5. The van der Waals surface area contributed by atoms with E-state index >= 15 is 0 Å². The van der Waals surface area contributed by atoms with E-state index in [-0.39, 0.29) is 11.9 Å². The van der Waals surface area contributed by atoms with Crippen LogP contribution in [-0.4, -0.2) is 33.8 Å². The monoisotopic (exact) mass is 299 g/mol. The molecular formula is C16H21N5O. The Bertz CT molecular complexity index is 645. The zero-order valence-electron chi connectivity index (χ0n) is 12.7. The normalized spacial score (nSPS) is 17.6. The van der Waals surface area contributed by atoms with Crippen molar-refractivity contribution in [2.75, 3.05) is 13.1 Å². The number of nitrogens with one attached hydrogen (secondary N) is 2. The first kappa shape index (κ1) is 14.7. The van der Waals surface area contributed by atoms with E-state index in [0.29, 0.717) is 18.8 Å². The summed E-state index contributed by atoms with van der Waals surface area (Å²) in [5, 5.41) is 10.6. The number of nitrogens with zero attached hydrogens (tertiary/aromatic N) is 3. The van der Waals surface area contributed by atoms with Crippen molar-refractivity contribution >= 4 is 5.91 Å². The van der Waals surface area contributed by atoms with Crippen molar-refractivity contribution in [3.63, 3.8) is 0 Å². The van der Waals surface area contributed by atoms with Gasteiger partial charge in [0.25, 0.3) is 5.91 Å². The largest absolute Gasteiger partial charge is 0.349 e. The molecule has 0 radical (unpaired) electrons. The van der Waals surface area contributed by atoms with Gasteiger partial charge < -0.3 is 10.6 Å². The molecule has 22 heavy (non-hydrogen) atoms. The number of aromatic nitrogens is 3.